The molecule has 6 nitrogen and oxygen atoms in total. The molecule has 3 aromatic carbocycles. The van der Waals surface area contributed by atoms with E-state index in [1.165, 1.54) is 12.1 Å². The predicted molar refractivity (Wildman–Crippen MR) is 125 cm³/mol. The van der Waals surface area contributed by atoms with Crippen molar-refractivity contribution in [2.24, 2.45) is 5.92 Å². The quantitative estimate of drug-likeness (QED) is 0.427. The molecule has 4 aromatic rings. The van der Waals surface area contributed by atoms with Crippen LogP contribution in [0.2, 0.25) is 0 Å². The van der Waals surface area contributed by atoms with Crippen LogP contribution in [0.25, 0.3) is 10.8 Å². The van der Waals surface area contributed by atoms with Crippen LogP contribution < -0.4 is 10.0 Å². The Morgan fingerprint density at radius 2 is 1.76 bits per heavy atom. The van der Waals surface area contributed by atoms with Gasteiger partial charge in [0, 0.05) is 35.1 Å². The highest BCUT2D eigenvalue weighted by molar-refractivity contribution is 7.92. The average Bonchev–Trinajstić information content (AvgIpc) is 3.61. The summed E-state index contributed by atoms with van der Waals surface area (Å²) in [4.78, 5) is 16.4. The third kappa shape index (κ3) is 4.42. The number of nitrogens with one attached hydrogen (secondary N) is 2. The van der Waals surface area contributed by atoms with Gasteiger partial charge in [0.1, 0.15) is 10.7 Å². The van der Waals surface area contributed by atoms with Gasteiger partial charge in [0.2, 0.25) is 5.91 Å². The summed E-state index contributed by atoms with van der Waals surface area (Å²) < 4.78 is 42.3. The number of hydrogen-bond acceptors (Lipinski definition) is 4. The SMILES string of the molecule is O=C(Nc1ccc2cnccc2c1)C1CC1c1ccc(F)c(S(=O)(=O)Nc2ccccc2)c1. The maximum atomic E-state index is 14.4. The van der Waals surface area contributed by atoms with Gasteiger partial charge in [0.25, 0.3) is 10.0 Å². The molecule has 1 saturated carbocycles. The summed E-state index contributed by atoms with van der Waals surface area (Å²) in [6.45, 7) is 0. The number of carbonyl (C=O) groups is 1. The van der Waals surface area contributed by atoms with Crippen LogP contribution in [0.1, 0.15) is 17.9 Å². The predicted octanol–water partition coefficient (Wildman–Crippen LogP) is 4.92. The van der Waals surface area contributed by atoms with E-state index in [2.05, 4.69) is 15.0 Å². The summed E-state index contributed by atoms with van der Waals surface area (Å²) in [5.41, 5.74) is 1.64. The van der Waals surface area contributed by atoms with Crippen molar-refractivity contribution in [3.8, 4) is 0 Å². The molecule has 2 N–H and O–H groups in total. The first-order valence-corrected chi connectivity index (χ1v) is 11.9. The Morgan fingerprint density at radius 1 is 0.939 bits per heavy atom. The molecule has 0 bridgehead atoms. The van der Waals surface area contributed by atoms with Crippen LogP contribution in [-0.4, -0.2) is 19.3 Å². The van der Waals surface area contributed by atoms with Gasteiger partial charge in [-0.3, -0.25) is 14.5 Å². The summed E-state index contributed by atoms with van der Waals surface area (Å²) in [5, 5.41) is 4.86. The number of hydrogen-bond donors (Lipinski definition) is 2. The Kier molecular flexibility index (Phi) is 5.30. The second-order valence-electron chi connectivity index (χ2n) is 8.04. The van der Waals surface area contributed by atoms with Gasteiger partial charge in [-0.05, 0) is 65.8 Å². The van der Waals surface area contributed by atoms with Crippen molar-refractivity contribution in [1.82, 2.24) is 4.98 Å². The van der Waals surface area contributed by atoms with Gasteiger partial charge < -0.3 is 5.32 Å². The number of halogens is 1. The maximum absolute atomic E-state index is 14.4. The van der Waals surface area contributed by atoms with Gasteiger partial charge in [0.05, 0.1) is 0 Å². The second kappa shape index (κ2) is 8.29. The number of aromatic nitrogens is 1. The monoisotopic (exact) mass is 461 g/mol. The molecular weight excluding hydrogens is 441 g/mol. The van der Waals surface area contributed by atoms with Crippen LogP contribution in [0.3, 0.4) is 0 Å². The molecule has 1 aliphatic rings. The van der Waals surface area contributed by atoms with E-state index in [0.29, 0.717) is 23.4 Å². The number of benzene rings is 3. The molecule has 0 aliphatic heterocycles. The van der Waals surface area contributed by atoms with Crippen molar-refractivity contribution in [2.45, 2.75) is 17.2 Å². The minimum Gasteiger partial charge on any atom is -0.326 e. The number of pyridine rings is 1. The minimum absolute atomic E-state index is 0.149. The van der Waals surface area contributed by atoms with Gasteiger partial charge in [-0.15, -0.1) is 0 Å². The second-order valence-corrected chi connectivity index (χ2v) is 9.69. The topological polar surface area (TPSA) is 88.2 Å². The Bertz CT molecular complexity index is 1460. The van der Waals surface area contributed by atoms with Crippen molar-refractivity contribution >= 4 is 38.1 Å². The number of nitrogens with zero attached hydrogens (tertiary/aromatic N) is 1. The van der Waals surface area contributed by atoms with E-state index in [-0.39, 0.29) is 17.7 Å². The fourth-order valence-corrected chi connectivity index (χ4v) is 5.09. The molecular formula is C25H20FN3O3S. The lowest BCUT2D eigenvalue weighted by molar-refractivity contribution is -0.117. The third-order valence-corrected chi connectivity index (χ3v) is 7.13. The van der Waals surface area contributed by atoms with Crippen molar-refractivity contribution in [2.75, 3.05) is 10.0 Å². The summed E-state index contributed by atoms with van der Waals surface area (Å²) in [5.74, 6) is -1.46. The number of sulfonamides is 1. The lowest BCUT2D eigenvalue weighted by Gasteiger charge is -2.11. The van der Waals surface area contributed by atoms with Gasteiger partial charge in [-0.2, -0.15) is 0 Å². The number of para-hydroxylation sites is 1. The molecule has 166 valence electrons. The van der Waals surface area contributed by atoms with Crippen LogP contribution >= 0.6 is 0 Å². The first-order chi connectivity index (χ1) is 15.9. The van der Waals surface area contributed by atoms with E-state index in [9.17, 15) is 17.6 Å². The molecule has 33 heavy (non-hydrogen) atoms. The molecule has 8 heteroatoms. The largest absolute Gasteiger partial charge is 0.326 e. The zero-order valence-electron chi connectivity index (χ0n) is 17.4. The van der Waals surface area contributed by atoms with E-state index in [0.717, 1.165) is 16.8 Å². The van der Waals surface area contributed by atoms with Crippen molar-refractivity contribution in [1.29, 1.82) is 0 Å². The number of rotatable bonds is 6. The number of carbonyl (C=O) groups excluding carboxylic acids is 1. The summed E-state index contributed by atoms with van der Waals surface area (Å²) in [7, 11) is -4.11. The molecule has 1 amide bonds. The van der Waals surface area contributed by atoms with Gasteiger partial charge in [0.15, 0.2) is 0 Å². The highest BCUT2D eigenvalue weighted by Gasteiger charge is 2.44. The van der Waals surface area contributed by atoms with E-state index < -0.39 is 20.7 Å². The van der Waals surface area contributed by atoms with Crippen LogP contribution in [0.15, 0.2) is 90.1 Å². The zero-order chi connectivity index (χ0) is 23.0. The van der Waals surface area contributed by atoms with E-state index in [1.807, 2.05) is 24.3 Å². The van der Waals surface area contributed by atoms with E-state index in [4.69, 9.17) is 0 Å². The van der Waals surface area contributed by atoms with E-state index >= 15 is 0 Å². The van der Waals surface area contributed by atoms with Gasteiger partial charge >= 0.3 is 0 Å². The Hall–Kier alpha value is -3.78. The standard InChI is InChI=1S/C25H20FN3O3S/c26-23-9-7-17(13-24(23)33(31,32)29-19-4-2-1-3-5-19)21-14-22(21)25(30)28-20-8-6-18-15-27-11-10-16(18)12-20/h1-13,15,21-22,29H,14H2,(H,28,30). The lowest BCUT2D eigenvalue weighted by atomic mass is 10.1. The molecule has 2 unspecified atom stereocenters. The molecule has 1 heterocycles. The molecule has 1 aromatic heterocycles. The van der Waals surface area contributed by atoms with E-state index in [1.54, 1.807) is 42.7 Å². The van der Waals surface area contributed by atoms with Crippen LogP contribution in [0, 0.1) is 11.7 Å². The molecule has 0 radical (unpaired) electrons. The first kappa shape index (κ1) is 21.1. The van der Waals surface area contributed by atoms with Crippen molar-refractivity contribution in [3.63, 3.8) is 0 Å². The van der Waals surface area contributed by atoms with Crippen molar-refractivity contribution < 1.29 is 17.6 Å². The highest BCUT2D eigenvalue weighted by atomic mass is 32.2. The Balaban J connectivity index is 1.32. The first-order valence-electron chi connectivity index (χ1n) is 10.4. The highest BCUT2D eigenvalue weighted by Crippen LogP contribution is 2.48. The smallest absolute Gasteiger partial charge is 0.264 e. The minimum atomic E-state index is -4.11. The van der Waals surface area contributed by atoms with Crippen LogP contribution in [0.5, 0.6) is 0 Å². The molecule has 0 spiro atoms. The molecule has 1 fully saturated rings. The maximum Gasteiger partial charge on any atom is 0.264 e. The van der Waals surface area contributed by atoms with Crippen molar-refractivity contribution in [3.05, 3.63) is 96.6 Å². The molecule has 0 saturated heterocycles. The number of amides is 1. The summed E-state index contributed by atoms with van der Waals surface area (Å²) in [6.07, 6.45) is 4.02. The number of anilines is 2. The number of fused-ring (bicyclic) bond motifs is 1. The molecule has 2 atom stereocenters. The summed E-state index contributed by atoms with van der Waals surface area (Å²) in [6, 6.07) is 19.8. The fraction of sp³-hybridized carbons (Fsp3) is 0.120. The van der Waals surface area contributed by atoms with Gasteiger partial charge in [-0.25, -0.2) is 12.8 Å². The normalized spacial score (nSPS) is 17.5. The lowest BCUT2D eigenvalue weighted by Crippen LogP contribution is -2.16. The van der Waals surface area contributed by atoms with Crippen LogP contribution in [0.4, 0.5) is 15.8 Å². The Labute approximate surface area is 190 Å². The molecule has 1 aliphatic carbocycles. The average molecular weight is 462 g/mol. The third-order valence-electron chi connectivity index (χ3n) is 5.73. The fourth-order valence-electron chi connectivity index (χ4n) is 3.92. The molecule has 5 rings (SSSR count). The Morgan fingerprint density at radius 3 is 2.58 bits per heavy atom. The van der Waals surface area contributed by atoms with Crippen LogP contribution in [-0.2, 0) is 14.8 Å². The zero-order valence-corrected chi connectivity index (χ0v) is 18.2. The van der Waals surface area contributed by atoms with Gasteiger partial charge in [-0.1, -0.05) is 30.3 Å². The summed E-state index contributed by atoms with van der Waals surface area (Å²) >= 11 is 0.